The Kier molecular flexibility index (Phi) is 6.07. The fourth-order valence-electron chi connectivity index (χ4n) is 4.42. The standard InChI is InChI=1S/C25H29N3O3/c1-17-7-9-21(10-8-17)28-16-20(15-23(28)29)25(31)27-13-11-19(12-14-27)24(30)26-22-6-4-3-5-18(22)2/h3-10,19-20H,11-16H2,1-2H3,(H,26,30). The van der Waals surface area contributed by atoms with E-state index in [4.69, 9.17) is 0 Å². The Bertz CT molecular complexity index is 978. The highest BCUT2D eigenvalue weighted by Crippen LogP contribution is 2.28. The second kappa shape index (κ2) is 8.92. The summed E-state index contributed by atoms with van der Waals surface area (Å²) in [7, 11) is 0. The second-order valence-corrected chi connectivity index (χ2v) is 8.64. The topological polar surface area (TPSA) is 69.7 Å². The van der Waals surface area contributed by atoms with E-state index in [1.54, 1.807) is 4.90 Å². The number of amides is 3. The number of nitrogens with one attached hydrogen (secondary N) is 1. The Balaban J connectivity index is 1.31. The van der Waals surface area contributed by atoms with Gasteiger partial charge < -0.3 is 15.1 Å². The van der Waals surface area contributed by atoms with Crippen LogP contribution < -0.4 is 10.2 Å². The largest absolute Gasteiger partial charge is 0.342 e. The van der Waals surface area contributed by atoms with Crippen molar-refractivity contribution in [3.8, 4) is 0 Å². The molecular weight excluding hydrogens is 390 g/mol. The van der Waals surface area contributed by atoms with Crippen molar-refractivity contribution in [1.29, 1.82) is 0 Å². The van der Waals surface area contributed by atoms with Crippen LogP contribution in [-0.2, 0) is 14.4 Å². The minimum absolute atomic E-state index is 0.00491. The van der Waals surface area contributed by atoms with E-state index in [0.717, 1.165) is 22.5 Å². The van der Waals surface area contributed by atoms with E-state index in [1.807, 2.05) is 67.3 Å². The molecule has 0 spiro atoms. The normalized spacial score (nSPS) is 19.5. The van der Waals surface area contributed by atoms with Gasteiger partial charge in [-0.05, 0) is 50.5 Å². The van der Waals surface area contributed by atoms with Crippen LogP contribution in [0.4, 0.5) is 11.4 Å². The SMILES string of the molecule is Cc1ccc(N2CC(C(=O)N3CCC(C(=O)Nc4ccccc4C)CC3)CC2=O)cc1. The summed E-state index contributed by atoms with van der Waals surface area (Å²) in [4.78, 5) is 41.7. The summed E-state index contributed by atoms with van der Waals surface area (Å²) in [6, 6.07) is 15.5. The number of hydrogen-bond donors (Lipinski definition) is 1. The zero-order valence-electron chi connectivity index (χ0n) is 18.1. The Labute approximate surface area is 183 Å². The number of likely N-dealkylation sites (tertiary alicyclic amines) is 1. The first-order valence-electron chi connectivity index (χ1n) is 10.9. The quantitative estimate of drug-likeness (QED) is 0.824. The van der Waals surface area contributed by atoms with Gasteiger partial charge in [0.2, 0.25) is 17.7 Å². The highest BCUT2D eigenvalue weighted by atomic mass is 16.2. The lowest BCUT2D eigenvalue weighted by molar-refractivity contribution is -0.138. The van der Waals surface area contributed by atoms with Crippen molar-refractivity contribution in [2.45, 2.75) is 33.1 Å². The monoisotopic (exact) mass is 419 g/mol. The lowest BCUT2D eigenvalue weighted by Gasteiger charge is -2.33. The van der Waals surface area contributed by atoms with Crippen molar-refractivity contribution in [1.82, 2.24) is 4.90 Å². The number of carbonyl (C=O) groups is 3. The Hall–Kier alpha value is -3.15. The predicted octanol–water partition coefficient (Wildman–Crippen LogP) is 3.53. The molecule has 2 aliphatic rings. The number of piperidine rings is 1. The summed E-state index contributed by atoms with van der Waals surface area (Å²) in [5.41, 5.74) is 3.86. The first-order chi connectivity index (χ1) is 14.9. The van der Waals surface area contributed by atoms with E-state index in [0.29, 0.717) is 32.5 Å². The molecule has 3 amide bonds. The minimum Gasteiger partial charge on any atom is -0.342 e. The third-order valence-corrected chi connectivity index (χ3v) is 6.40. The van der Waals surface area contributed by atoms with Crippen LogP contribution in [0.5, 0.6) is 0 Å². The molecule has 1 atom stereocenters. The smallest absolute Gasteiger partial charge is 0.228 e. The third kappa shape index (κ3) is 4.63. The molecule has 1 unspecified atom stereocenters. The molecule has 2 saturated heterocycles. The van der Waals surface area contributed by atoms with E-state index in [-0.39, 0.29) is 36.0 Å². The lowest BCUT2D eigenvalue weighted by atomic mass is 9.94. The summed E-state index contributed by atoms with van der Waals surface area (Å²) < 4.78 is 0. The van der Waals surface area contributed by atoms with Gasteiger partial charge in [-0.3, -0.25) is 14.4 Å². The number of nitrogens with zero attached hydrogens (tertiary/aromatic N) is 2. The number of para-hydroxylation sites is 1. The zero-order chi connectivity index (χ0) is 22.0. The van der Waals surface area contributed by atoms with Crippen LogP contribution in [0.1, 0.15) is 30.4 Å². The van der Waals surface area contributed by atoms with Gasteiger partial charge in [0, 0.05) is 43.3 Å². The molecule has 0 aromatic heterocycles. The molecular formula is C25H29N3O3. The highest BCUT2D eigenvalue weighted by Gasteiger charge is 2.38. The molecule has 6 heteroatoms. The van der Waals surface area contributed by atoms with Gasteiger partial charge >= 0.3 is 0 Å². The fraction of sp³-hybridized carbons (Fsp3) is 0.400. The van der Waals surface area contributed by atoms with Crippen LogP contribution in [0.25, 0.3) is 0 Å². The van der Waals surface area contributed by atoms with Gasteiger partial charge in [-0.1, -0.05) is 35.9 Å². The highest BCUT2D eigenvalue weighted by molar-refractivity contribution is 6.00. The number of rotatable bonds is 4. The summed E-state index contributed by atoms with van der Waals surface area (Å²) >= 11 is 0. The first-order valence-corrected chi connectivity index (χ1v) is 10.9. The summed E-state index contributed by atoms with van der Waals surface area (Å²) in [5.74, 6) is -0.373. The van der Waals surface area contributed by atoms with Crippen LogP contribution in [-0.4, -0.2) is 42.3 Å². The summed E-state index contributed by atoms with van der Waals surface area (Å²) in [6.45, 7) is 5.51. The van der Waals surface area contributed by atoms with E-state index in [9.17, 15) is 14.4 Å². The van der Waals surface area contributed by atoms with Gasteiger partial charge in [-0.25, -0.2) is 0 Å². The zero-order valence-corrected chi connectivity index (χ0v) is 18.1. The summed E-state index contributed by atoms with van der Waals surface area (Å²) in [6.07, 6.45) is 1.54. The van der Waals surface area contributed by atoms with Crippen molar-refractivity contribution < 1.29 is 14.4 Å². The molecule has 2 aromatic rings. The molecule has 31 heavy (non-hydrogen) atoms. The average molecular weight is 420 g/mol. The van der Waals surface area contributed by atoms with Crippen molar-refractivity contribution >= 4 is 29.1 Å². The van der Waals surface area contributed by atoms with Crippen LogP contribution >= 0.6 is 0 Å². The molecule has 162 valence electrons. The number of benzene rings is 2. The van der Waals surface area contributed by atoms with E-state index < -0.39 is 0 Å². The molecule has 4 rings (SSSR count). The molecule has 0 saturated carbocycles. The van der Waals surface area contributed by atoms with Crippen molar-refractivity contribution in [2.24, 2.45) is 11.8 Å². The molecule has 0 radical (unpaired) electrons. The number of aryl methyl sites for hydroxylation is 2. The molecule has 2 fully saturated rings. The Morgan fingerprint density at radius 3 is 2.29 bits per heavy atom. The van der Waals surface area contributed by atoms with Gasteiger partial charge in [-0.15, -0.1) is 0 Å². The molecule has 1 N–H and O–H groups in total. The van der Waals surface area contributed by atoms with Crippen LogP contribution in [0.3, 0.4) is 0 Å². The fourth-order valence-corrected chi connectivity index (χ4v) is 4.42. The van der Waals surface area contributed by atoms with E-state index in [1.165, 1.54) is 0 Å². The van der Waals surface area contributed by atoms with E-state index in [2.05, 4.69) is 5.32 Å². The van der Waals surface area contributed by atoms with Gasteiger partial charge in [-0.2, -0.15) is 0 Å². The maximum atomic E-state index is 13.0. The van der Waals surface area contributed by atoms with Crippen LogP contribution in [0, 0.1) is 25.7 Å². The van der Waals surface area contributed by atoms with Gasteiger partial charge in [0.25, 0.3) is 0 Å². The third-order valence-electron chi connectivity index (χ3n) is 6.40. The Morgan fingerprint density at radius 1 is 0.935 bits per heavy atom. The first kappa shape index (κ1) is 21.1. The van der Waals surface area contributed by atoms with E-state index >= 15 is 0 Å². The molecule has 2 aliphatic heterocycles. The van der Waals surface area contributed by atoms with Gasteiger partial charge in [0.1, 0.15) is 0 Å². The van der Waals surface area contributed by atoms with Gasteiger partial charge in [0.05, 0.1) is 5.92 Å². The van der Waals surface area contributed by atoms with Crippen molar-refractivity contribution in [3.05, 3.63) is 59.7 Å². The second-order valence-electron chi connectivity index (χ2n) is 8.64. The van der Waals surface area contributed by atoms with Gasteiger partial charge in [0.15, 0.2) is 0 Å². The van der Waals surface area contributed by atoms with Crippen molar-refractivity contribution in [3.63, 3.8) is 0 Å². The van der Waals surface area contributed by atoms with Crippen molar-refractivity contribution in [2.75, 3.05) is 29.9 Å². The lowest BCUT2D eigenvalue weighted by Crippen LogP contribution is -2.44. The molecule has 2 aromatic carbocycles. The number of hydrogen-bond acceptors (Lipinski definition) is 3. The molecule has 2 heterocycles. The number of carbonyl (C=O) groups excluding carboxylic acids is 3. The average Bonchev–Trinajstić information content (AvgIpc) is 3.17. The maximum Gasteiger partial charge on any atom is 0.228 e. The molecule has 0 bridgehead atoms. The Morgan fingerprint density at radius 2 is 1.61 bits per heavy atom. The minimum atomic E-state index is -0.314. The molecule has 0 aliphatic carbocycles. The maximum absolute atomic E-state index is 13.0. The van der Waals surface area contributed by atoms with Crippen LogP contribution in [0.15, 0.2) is 48.5 Å². The number of anilines is 2. The van der Waals surface area contributed by atoms with Crippen LogP contribution in [0.2, 0.25) is 0 Å². The summed E-state index contributed by atoms with van der Waals surface area (Å²) in [5, 5.41) is 3.02. The molecule has 6 nitrogen and oxygen atoms in total. The predicted molar refractivity (Wildman–Crippen MR) is 121 cm³/mol.